The number of aliphatic hydroxyl groups excluding tert-OH is 3. The van der Waals surface area contributed by atoms with Gasteiger partial charge in [0.1, 0.15) is 18.3 Å². The molecule has 0 bridgehead atoms. The highest BCUT2D eigenvalue weighted by Gasteiger charge is 2.28. The van der Waals surface area contributed by atoms with Crippen molar-refractivity contribution in [3.05, 3.63) is 0 Å². The molecule has 0 heterocycles. The van der Waals surface area contributed by atoms with Crippen molar-refractivity contribution in [1.82, 2.24) is 0 Å². The second-order valence-electron chi connectivity index (χ2n) is 11.6. The van der Waals surface area contributed by atoms with Crippen molar-refractivity contribution in [1.29, 1.82) is 0 Å². The summed E-state index contributed by atoms with van der Waals surface area (Å²) < 4.78 is 16.7. The fourth-order valence-corrected chi connectivity index (χ4v) is 4.97. The van der Waals surface area contributed by atoms with E-state index in [1.54, 1.807) is 0 Å². The van der Waals surface area contributed by atoms with Gasteiger partial charge in [-0.15, -0.1) is 0 Å². The summed E-state index contributed by atoms with van der Waals surface area (Å²) in [5, 5.41) is 39.5. The predicted molar refractivity (Wildman–Crippen MR) is 161 cm³/mol. The third-order valence-electron chi connectivity index (χ3n) is 7.14. The number of aliphatic hydroxyl groups is 3. The van der Waals surface area contributed by atoms with Gasteiger partial charge in [0, 0.05) is 19.8 Å². The Labute approximate surface area is 257 Å². The fraction of sp³-hybridized carbons (Fsp3) is 0.875. The average Bonchev–Trinajstić information content (AvgIpc) is 2.87. The zero-order valence-electron chi connectivity index (χ0n) is 26.8. The molecule has 0 aliphatic rings. The normalized spacial score (nSPS) is 15.5. The summed E-state index contributed by atoms with van der Waals surface area (Å²) in [6.45, 7) is 7.33. The molecule has 0 unspecified atom stereocenters. The van der Waals surface area contributed by atoms with Crippen molar-refractivity contribution >= 4 is 23.9 Å². The molecule has 43 heavy (non-hydrogen) atoms. The Morgan fingerprint density at radius 3 is 1.49 bits per heavy atom. The van der Waals surface area contributed by atoms with E-state index in [-0.39, 0.29) is 32.1 Å². The summed E-state index contributed by atoms with van der Waals surface area (Å²) in [4.78, 5) is 48.4. The van der Waals surface area contributed by atoms with Crippen molar-refractivity contribution in [3.8, 4) is 0 Å². The van der Waals surface area contributed by atoms with E-state index >= 15 is 0 Å². The van der Waals surface area contributed by atoms with Crippen molar-refractivity contribution in [2.75, 3.05) is 0 Å². The number of unbranched alkanes of at least 4 members (excludes halogenated alkanes) is 6. The van der Waals surface area contributed by atoms with Crippen LogP contribution in [0, 0.1) is 0 Å². The standard InChI is InChI=1S/C32H58O11/c1-5-8-11-14-24(34)17-25(35)20-31(39)43-28(16-13-10-7-3)21-29(41-23(4)33)22-32(40)42-27(15-12-9-6-2)18-26(36)19-30(37)38/h24-29,34-36H,5-22H2,1-4H3,(H,37,38)/t24-,25-,26-,27-,28-,29-/m1/s1. The second-order valence-corrected chi connectivity index (χ2v) is 11.6. The van der Waals surface area contributed by atoms with Crippen LogP contribution in [0.5, 0.6) is 0 Å². The van der Waals surface area contributed by atoms with Crippen LogP contribution in [0.1, 0.15) is 143 Å². The lowest BCUT2D eigenvalue weighted by Gasteiger charge is -2.25. The van der Waals surface area contributed by atoms with Crippen LogP contribution < -0.4 is 0 Å². The van der Waals surface area contributed by atoms with Crippen molar-refractivity contribution < 1.29 is 53.8 Å². The van der Waals surface area contributed by atoms with Crippen molar-refractivity contribution in [2.24, 2.45) is 0 Å². The molecule has 252 valence electrons. The van der Waals surface area contributed by atoms with E-state index in [1.165, 1.54) is 6.92 Å². The zero-order chi connectivity index (χ0) is 32.6. The van der Waals surface area contributed by atoms with E-state index in [0.29, 0.717) is 19.3 Å². The summed E-state index contributed by atoms with van der Waals surface area (Å²) in [7, 11) is 0. The van der Waals surface area contributed by atoms with Gasteiger partial charge < -0.3 is 34.6 Å². The Bertz CT molecular complexity index is 772. The molecule has 4 N–H and O–H groups in total. The number of rotatable bonds is 27. The molecule has 0 aromatic heterocycles. The van der Waals surface area contributed by atoms with Gasteiger partial charge >= 0.3 is 23.9 Å². The molecule has 11 heteroatoms. The molecule has 0 radical (unpaired) electrons. The van der Waals surface area contributed by atoms with Crippen LogP contribution in [-0.4, -0.2) is 80.9 Å². The number of carboxylic acids is 1. The molecule has 0 saturated carbocycles. The maximum absolute atomic E-state index is 12.9. The number of hydrogen-bond donors (Lipinski definition) is 4. The summed E-state index contributed by atoms with van der Waals surface area (Å²) in [6, 6.07) is 0. The Balaban J connectivity index is 5.34. The first kappa shape index (κ1) is 40.8. The van der Waals surface area contributed by atoms with Crippen molar-refractivity contribution in [2.45, 2.75) is 180 Å². The van der Waals surface area contributed by atoms with Crippen LogP contribution in [0.4, 0.5) is 0 Å². The van der Waals surface area contributed by atoms with Gasteiger partial charge in [0.05, 0.1) is 37.6 Å². The molecule has 0 rings (SSSR count). The lowest BCUT2D eigenvalue weighted by Crippen LogP contribution is -2.32. The number of carbonyl (C=O) groups is 4. The van der Waals surface area contributed by atoms with E-state index in [4.69, 9.17) is 19.3 Å². The van der Waals surface area contributed by atoms with Gasteiger partial charge in [0.2, 0.25) is 0 Å². The van der Waals surface area contributed by atoms with Crippen molar-refractivity contribution in [3.63, 3.8) is 0 Å². The SMILES string of the molecule is CCCCC[C@@H](O)C[C@@H](O)CC(=O)O[C@H](CCCCC)C[C@H](CC(=O)O[C@H](CCCCC)C[C@@H](O)CC(=O)O)OC(C)=O. The maximum atomic E-state index is 12.9. The first-order valence-corrected chi connectivity index (χ1v) is 16.2. The molecule has 0 aliphatic carbocycles. The third-order valence-corrected chi connectivity index (χ3v) is 7.14. The Hall–Kier alpha value is -2.24. The van der Waals surface area contributed by atoms with Gasteiger partial charge in [-0.3, -0.25) is 19.2 Å². The highest BCUT2D eigenvalue weighted by atomic mass is 16.6. The number of carboxylic acid groups (broad SMARTS) is 1. The van der Waals surface area contributed by atoms with Gasteiger partial charge in [-0.1, -0.05) is 65.7 Å². The lowest BCUT2D eigenvalue weighted by molar-refractivity contribution is -0.161. The number of aliphatic carboxylic acids is 1. The van der Waals surface area contributed by atoms with E-state index in [9.17, 15) is 34.5 Å². The molecule has 0 aliphatic heterocycles. The zero-order valence-corrected chi connectivity index (χ0v) is 26.8. The molecule has 0 amide bonds. The highest BCUT2D eigenvalue weighted by molar-refractivity contribution is 5.72. The molecular formula is C32H58O11. The van der Waals surface area contributed by atoms with Crippen LogP contribution in [-0.2, 0) is 33.4 Å². The monoisotopic (exact) mass is 618 g/mol. The molecule has 6 atom stereocenters. The highest BCUT2D eigenvalue weighted by Crippen LogP contribution is 2.21. The first-order chi connectivity index (χ1) is 20.4. The molecule has 0 spiro atoms. The largest absolute Gasteiger partial charge is 0.481 e. The van der Waals surface area contributed by atoms with Gasteiger partial charge in [-0.25, -0.2) is 0 Å². The van der Waals surface area contributed by atoms with E-state index in [0.717, 1.165) is 57.8 Å². The summed E-state index contributed by atoms with van der Waals surface area (Å²) in [5.41, 5.74) is 0. The average molecular weight is 619 g/mol. The van der Waals surface area contributed by atoms with Crippen LogP contribution in [0.15, 0.2) is 0 Å². The molecule has 0 aromatic carbocycles. The number of esters is 3. The minimum Gasteiger partial charge on any atom is -0.481 e. The van der Waals surface area contributed by atoms with E-state index in [2.05, 4.69) is 6.92 Å². The van der Waals surface area contributed by atoms with Crippen LogP contribution in [0.25, 0.3) is 0 Å². The summed E-state index contributed by atoms with van der Waals surface area (Å²) in [6.07, 6.45) is 3.28. The summed E-state index contributed by atoms with van der Waals surface area (Å²) >= 11 is 0. The molecule has 11 nitrogen and oxygen atoms in total. The summed E-state index contributed by atoms with van der Waals surface area (Å²) in [5.74, 6) is -3.07. The molecule has 0 aromatic rings. The van der Waals surface area contributed by atoms with Crippen LogP contribution >= 0.6 is 0 Å². The number of carbonyl (C=O) groups excluding carboxylic acids is 3. The topological polar surface area (TPSA) is 177 Å². The van der Waals surface area contributed by atoms with Gasteiger partial charge in [-0.2, -0.15) is 0 Å². The minimum atomic E-state index is -1.17. The van der Waals surface area contributed by atoms with Crippen LogP contribution in [0.3, 0.4) is 0 Å². The smallest absolute Gasteiger partial charge is 0.309 e. The maximum Gasteiger partial charge on any atom is 0.309 e. The first-order valence-electron chi connectivity index (χ1n) is 16.2. The molecule has 0 saturated heterocycles. The Morgan fingerprint density at radius 1 is 0.535 bits per heavy atom. The number of hydrogen-bond acceptors (Lipinski definition) is 10. The van der Waals surface area contributed by atoms with Gasteiger partial charge in [0.25, 0.3) is 0 Å². The Kier molecular flexibility index (Phi) is 23.8. The fourth-order valence-electron chi connectivity index (χ4n) is 4.97. The van der Waals surface area contributed by atoms with E-state index < -0.39 is 66.9 Å². The second kappa shape index (κ2) is 25.1. The van der Waals surface area contributed by atoms with Gasteiger partial charge in [-0.05, 0) is 38.5 Å². The number of ether oxygens (including phenoxy) is 3. The van der Waals surface area contributed by atoms with Gasteiger partial charge in [0.15, 0.2) is 0 Å². The Morgan fingerprint density at radius 2 is 1.00 bits per heavy atom. The van der Waals surface area contributed by atoms with Crippen LogP contribution in [0.2, 0.25) is 0 Å². The molecular weight excluding hydrogens is 560 g/mol. The minimum absolute atomic E-state index is 0.0210. The third kappa shape index (κ3) is 23.8. The predicted octanol–water partition coefficient (Wildman–Crippen LogP) is 4.99. The van der Waals surface area contributed by atoms with E-state index in [1.807, 2.05) is 13.8 Å². The lowest BCUT2D eigenvalue weighted by atomic mass is 10.0. The molecule has 0 fully saturated rings. The quantitative estimate of drug-likeness (QED) is 0.0554.